The van der Waals surface area contributed by atoms with E-state index in [9.17, 15) is 0 Å². The predicted octanol–water partition coefficient (Wildman–Crippen LogP) is 2.51. The molecule has 2 rings (SSSR count). The molecule has 1 aromatic rings. The minimum absolute atomic E-state index is 0.745. The molecular formula is C15H25N3O. The number of pyridine rings is 1. The average Bonchev–Trinajstić information content (AvgIpc) is 3.26. The van der Waals surface area contributed by atoms with Gasteiger partial charge in [0.25, 0.3) is 0 Å². The third kappa shape index (κ3) is 4.48. The largest absolute Gasteiger partial charge is 0.383 e. The van der Waals surface area contributed by atoms with Gasteiger partial charge < -0.3 is 10.1 Å². The van der Waals surface area contributed by atoms with Gasteiger partial charge in [0.05, 0.1) is 6.61 Å². The van der Waals surface area contributed by atoms with Crippen LogP contribution in [0, 0.1) is 0 Å². The third-order valence-electron chi connectivity index (χ3n) is 3.45. The Kier molecular flexibility index (Phi) is 5.61. The normalized spacial score (nSPS) is 14.9. The fraction of sp³-hybridized carbons (Fsp3) is 0.667. The van der Waals surface area contributed by atoms with Gasteiger partial charge in [0.15, 0.2) is 0 Å². The predicted molar refractivity (Wildman–Crippen MR) is 78.3 cm³/mol. The van der Waals surface area contributed by atoms with E-state index in [1.54, 1.807) is 7.11 Å². The van der Waals surface area contributed by atoms with Crippen molar-refractivity contribution >= 4 is 5.82 Å². The molecule has 1 N–H and O–H groups in total. The zero-order valence-corrected chi connectivity index (χ0v) is 12.1. The van der Waals surface area contributed by atoms with Crippen molar-refractivity contribution in [1.82, 2.24) is 9.88 Å². The number of aromatic nitrogens is 1. The summed E-state index contributed by atoms with van der Waals surface area (Å²) in [4.78, 5) is 6.97. The lowest BCUT2D eigenvalue weighted by Gasteiger charge is -2.22. The summed E-state index contributed by atoms with van der Waals surface area (Å²) in [7, 11) is 1.77. The first-order valence-corrected chi connectivity index (χ1v) is 7.26. The van der Waals surface area contributed by atoms with Crippen LogP contribution in [0.4, 0.5) is 5.82 Å². The van der Waals surface area contributed by atoms with Crippen molar-refractivity contribution in [2.24, 2.45) is 0 Å². The molecule has 19 heavy (non-hydrogen) atoms. The number of ether oxygens (including phenoxy) is 1. The van der Waals surface area contributed by atoms with Gasteiger partial charge in [-0.1, -0.05) is 13.0 Å². The highest BCUT2D eigenvalue weighted by molar-refractivity contribution is 5.43. The maximum atomic E-state index is 5.21. The molecule has 0 unspecified atom stereocenters. The van der Waals surface area contributed by atoms with Crippen molar-refractivity contribution in [3.05, 3.63) is 23.9 Å². The highest BCUT2D eigenvalue weighted by atomic mass is 16.5. The summed E-state index contributed by atoms with van der Waals surface area (Å²) in [6.07, 6.45) is 5.62. The summed E-state index contributed by atoms with van der Waals surface area (Å²) in [5.74, 6) is 1.03. The minimum atomic E-state index is 0.745. The number of hydrogen-bond donors (Lipinski definition) is 1. The molecule has 0 saturated heterocycles. The van der Waals surface area contributed by atoms with Gasteiger partial charge in [-0.2, -0.15) is 0 Å². The van der Waals surface area contributed by atoms with Gasteiger partial charge >= 0.3 is 0 Å². The van der Waals surface area contributed by atoms with Gasteiger partial charge in [-0.15, -0.1) is 0 Å². The Morgan fingerprint density at radius 3 is 3.00 bits per heavy atom. The molecule has 4 heteroatoms. The summed E-state index contributed by atoms with van der Waals surface area (Å²) in [5, 5.41) is 3.41. The van der Waals surface area contributed by atoms with Gasteiger partial charge in [0.1, 0.15) is 5.82 Å². The van der Waals surface area contributed by atoms with E-state index in [-0.39, 0.29) is 0 Å². The van der Waals surface area contributed by atoms with Crippen LogP contribution < -0.4 is 5.32 Å². The Balaban J connectivity index is 1.98. The second kappa shape index (κ2) is 7.46. The first-order valence-electron chi connectivity index (χ1n) is 7.26. The fourth-order valence-corrected chi connectivity index (χ4v) is 2.23. The number of rotatable bonds is 9. The molecule has 0 aromatic carbocycles. The number of methoxy groups -OCH3 is 1. The van der Waals surface area contributed by atoms with Gasteiger partial charge in [-0.25, -0.2) is 4.98 Å². The number of anilines is 1. The molecule has 1 fully saturated rings. The van der Waals surface area contributed by atoms with E-state index in [4.69, 9.17) is 4.74 Å². The molecule has 1 aromatic heterocycles. The Labute approximate surface area is 116 Å². The van der Waals surface area contributed by atoms with Crippen LogP contribution >= 0.6 is 0 Å². The molecule has 1 saturated carbocycles. The van der Waals surface area contributed by atoms with E-state index in [1.165, 1.54) is 18.4 Å². The Bertz CT molecular complexity index is 379. The van der Waals surface area contributed by atoms with Crippen LogP contribution in [-0.2, 0) is 11.3 Å². The molecule has 1 aliphatic carbocycles. The summed E-state index contributed by atoms with van der Waals surface area (Å²) >= 11 is 0. The molecule has 106 valence electrons. The molecule has 4 nitrogen and oxygen atoms in total. The molecule has 0 amide bonds. The second-order valence-corrected chi connectivity index (χ2v) is 5.13. The van der Waals surface area contributed by atoms with Gasteiger partial charge in [0, 0.05) is 44.5 Å². The van der Waals surface area contributed by atoms with Crippen molar-refractivity contribution in [3.63, 3.8) is 0 Å². The Hall–Kier alpha value is -1.13. The molecule has 0 spiro atoms. The van der Waals surface area contributed by atoms with Crippen LogP contribution in [0.3, 0.4) is 0 Å². The van der Waals surface area contributed by atoms with Crippen molar-refractivity contribution in [2.75, 3.05) is 32.1 Å². The quantitative estimate of drug-likeness (QED) is 0.743. The maximum absolute atomic E-state index is 5.21. The number of hydrogen-bond acceptors (Lipinski definition) is 4. The minimum Gasteiger partial charge on any atom is -0.383 e. The molecular weight excluding hydrogens is 238 g/mol. The summed E-state index contributed by atoms with van der Waals surface area (Å²) in [6.45, 7) is 5.92. The first kappa shape index (κ1) is 14.3. The Morgan fingerprint density at radius 1 is 1.47 bits per heavy atom. The van der Waals surface area contributed by atoms with Crippen molar-refractivity contribution in [1.29, 1.82) is 0 Å². The lowest BCUT2D eigenvalue weighted by Crippen LogP contribution is -2.29. The van der Waals surface area contributed by atoms with Crippen molar-refractivity contribution < 1.29 is 4.74 Å². The lowest BCUT2D eigenvalue weighted by molar-refractivity contribution is 0.139. The van der Waals surface area contributed by atoms with Gasteiger partial charge in [-0.05, 0) is 25.3 Å². The summed E-state index contributed by atoms with van der Waals surface area (Å²) < 4.78 is 5.21. The average molecular weight is 263 g/mol. The zero-order valence-electron chi connectivity index (χ0n) is 12.1. The van der Waals surface area contributed by atoms with E-state index >= 15 is 0 Å². The van der Waals surface area contributed by atoms with E-state index in [1.807, 2.05) is 12.3 Å². The highest BCUT2D eigenvalue weighted by Gasteiger charge is 2.29. The SMILES string of the molecule is CCCNc1ncccc1CN(CCOC)C1CC1. The smallest absolute Gasteiger partial charge is 0.130 e. The van der Waals surface area contributed by atoms with Crippen LogP contribution in [0.5, 0.6) is 0 Å². The summed E-state index contributed by atoms with van der Waals surface area (Å²) in [5.41, 5.74) is 1.29. The van der Waals surface area contributed by atoms with Gasteiger partial charge in [-0.3, -0.25) is 4.90 Å². The van der Waals surface area contributed by atoms with Crippen LogP contribution in [0.15, 0.2) is 18.3 Å². The molecule has 0 bridgehead atoms. The summed E-state index contributed by atoms with van der Waals surface area (Å²) in [6, 6.07) is 4.94. The first-order chi connectivity index (χ1) is 9.35. The zero-order chi connectivity index (χ0) is 13.5. The van der Waals surface area contributed by atoms with E-state index < -0.39 is 0 Å². The van der Waals surface area contributed by atoms with E-state index in [2.05, 4.69) is 28.2 Å². The number of nitrogens with one attached hydrogen (secondary N) is 1. The maximum Gasteiger partial charge on any atom is 0.130 e. The van der Waals surface area contributed by atoms with Gasteiger partial charge in [0.2, 0.25) is 0 Å². The fourth-order valence-electron chi connectivity index (χ4n) is 2.23. The monoisotopic (exact) mass is 263 g/mol. The number of nitrogens with zero attached hydrogens (tertiary/aromatic N) is 2. The second-order valence-electron chi connectivity index (χ2n) is 5.13. The third-order valence-corrected chi connectivity index (χ3v) is 3.45. The topological polar surface area (TPSA) is 37.4 Å². The lowest BCUT2D eigenvalue weighted by atomic mass is 10.2. The molecule has 0 atom stereocenters. The Morgan fingerprint density at radius 2 is 2.32 bits per heavy atom. The molecule has 1 heterocycles. The van der Waals surface area contributed by atoms with Crippen LogP contribution in [0.2, 0.25) is 0 Å². The van der Waals surface area contributed by atoms with E-state index in [0.29, 0.717) is 0 Å². The standard InChI is InChI=1S/C15H25N3O/c1-3-8-16-15-13(5-4-9-17-15)12-18(10-11-19-2)14-6-7-14/h4-5,9,14H,3,6-8,10-12H2,1-2H3,(H,16,17). The molecule has 0 radical (unpaired) electrons. The molecule has 1 aliphatic rings. The van der Waals surface area contributed by atoms with Crippen LogP contribution in [-0.4, -0.2) is 42.7 Å². The molecule has 0 aliphatic heterocycles. The van der Waals surface area contributed by atoms with E-state index in [0.717, 1.165) is 44.5 Å². The highest BCUT2D eigenvalue weighted by Crippen LogP contribution is 2.29. The van der Waals surface area contributed by atoms with Crippen LogP contribution in [0.25, 0.3) is 0 Å². The van der Waals surface area contributed by atoms with Crippen molar-refractivity contribution in [2.45, 2.75) is 38.8 Å². The van der Waals surface area contributed by atoms with Crippen molar-refractivity contribution in [3.8, 4) is 0 Å². The van der Waals surface area contributed by atoms with Crippen LogP contribution in [0.1, 0.15) is 31.7 Å².